The summed E-state index contributed by atoms with van der Waals surface area (Å²) in [6.45, 7) is 4.86. The van der Waals surface area contributed by atoms with Crippen LogP contribution in [0.1, 0.15) is 36.7 Å². The van der Waals surface area contributed by atoms with Crippen molar-refractivity contribution in [3.05, 3.63) is 53.7 Å². The van der Waals surface area contributed by atoms with Gasteiger partial charge in [0.05, 0.1) is 5.56 Å². The van der Waals surface area contributed by atoms with E-state index >= 15 is 0 Å². The molecule has 9 heteroatoms. The number of amides is 1. The molecule has 0 aliphatic rings. The Morgan fingerprint density at radius 3 is 2.46 bits per heavy atom. The van der Waals surface area contributed by atoms with E-state index in [-0.39, 0.29) is 17.1 Å². The molecule has 28 heavy (non-hydrogen) atoms. The van der Waals surface area contributed by atoms with E-state index in [9.17, 15) is 22.8 Å². The van der Waals surface area contributed by atoms with E-state index in [2.05, 4.69) is 15.6 Å². The van der Waals surface area contributed by atoms with Gasteiger partial charge in [0.1, 0.15) is 11.4 Å². The van der Waals surface area contributed by atoms with Crippen LogP contribution in [0.4, 0.5) is 24.7 Å². The molecule has 0 bridgehead atoms. The maximum absolute atomic E-state index is 12.9. The van der Waals surface area contributed by atoms with Gasteiger partial charge in [-0.1, -0.05) is 6.07 Å². The molecule has 0 fully saturated rings. The van der Waals surface area contributed by atoms with Crippen LogP contribution in [-0.2, 0) is 15.7 Å². The van der Waals surface area contributed by atoms with Crippen molar-refractivity contribution in [3.63, 3.8) is 0 Å². The number of aromatic nitrogens is 1. The van der Waals surface area contributed by atoms with Crippen molar-refractivity contribution in [1.29, 1.82) is 0 Å². The number of rotatable bonds is 5. The number of nitrogens with one attached hydrogen (secondary N) is 2. The van der Waals surface area contributed by atoms with E-state index in [1.165, 1.54) is 30.5 Å². The number of nitrogens with zero attached hydrogens (tertiary/aromatic N) is 1. The summed E-state index contributed by atoms with van der Waals surface area (Å²) < 4.78 is 43.5. The second kappa shape index (κ2) is 8.28. The first-order valence-corrected chi connectivity index (χ1v) is 8.33. The van der Waals surface area contributed by atoms with Crippen molar-refractivity contribution in [2.45, 2.75) is 32.5 Å². The number of alkyl halides is 3. The summed E-state index contributed by atoms with van der Waals surface area (Å²) in [6, 6.07) is 7.36. The minimum absolute atomic E-state index is 0.0107. The van der Waals surface area contributed by atoms with Gasteiger partial charge in [-0.15, -0.1) is 0 Å². The summed E-state index contributed by atoms with van der Waals surface area (Å²) in [4.78, 5) is 28.0. The number of esters is 1. The molecule has 2 N–H and O–H groups in total. The smallest absolute Gasteiger partial charge is 0.416 e. The summed E-state index contributed by atoms with van der Waals surface area (Å²) in [5, 5.41) is 5.33. The van der Waals surface area contributed by atoms with Gasteiger partial charge in [-0.2, -0.15) is 13.2 Å². The van der Waals surface area contributed by atoms with E-state index < -0.39 is 35.8 Å². The number of hydrogen-bond acceptors (Lipinski definition) is 5. The molecule has 150 valence electrons. The van der Waals surface area contributed by atoms with Crippen molar-refractivity contribution in [2.24, 2.45) is 0 Å². The lowest BCUT2D eigenvalue weighted by Gasteiger charge is -2.20. The largest absolute Gasteiger partial charge is 0.452 e. The fourth-order valence-electron chi connectivity index (χ4n) is 2.24. The maximum atomic E-state index is 12.9. The Kier molecular flexibility index (Phi) is 6.27. The third-order valence-electron chi connectivity index (χ3n) is 3.33. The first-order valence-electron chi connectivity index (χ1n) is 8.33. The highest BCUT2D eigenvalue weighted by atomic mass is 19.4. The molecule has 2 aromatic rings. The molecule has 0 aliphatic carbocycles. The standard InChI is InChI=1S/C19H20F3N3O3/c1-18(2,3)25-15(26)11-28-17(27)14-8-5-9-23-16(14)24-13-7-4-6-12(10-13)19(20,21)22/h4-10H,11H2,1-3H3,(H,23,24)(H,25,26). The molecule has 2 rings (SSSR count). The maximum Gasteiger partial charge on any atom is 0.416 e. The summed E-state index contributed by atoms with van der Waals surface area (Å²) in [5.41, 5.74) is -1.22. The Bertz CT molecular complexity index is 861. The highest BCUT2D eigenvalue weighted by Crippen LogP contribution is 2.31. The third kappa shape index (κ3) is 6.26. The number of hydrogen-bond donors (Lipinski definition) is 2. The summed E-state index contributed by atoms with van der Waals surface area (Å²) in [6.07, 6.45) is -3.12. The Labute approximate surface area is 160 Å². The molecule has 1 aromatic carbocycles. The number of carbonyl (C=O) groups excluding carboxylic acids is 2. The van der Waals surface area contributed by atoms with Crippen molar-refractivity contribution >= 4 is 23.4 Å². The Morgan fingerprint density at radius 2 is 1.82 bits per heavy atom. The zero-order chi connectivity index (χ0) is 20.9. The average molecular weight is 395 g/mol. The lowest BCUT2D eigenvalue weighted by Crippen LogP contribution is -2.42. The van der Waals surface area contributed by atoms with Crippen molar-refractivity contribution in [2.75, 3.05) is 11.9 Å². The number of carbonyl (C=O) groups is 2. The molecule has 0 saturated heterocycles. The summed E-state index contributed by atoms with van der Waals surface area (Å²) in [7, 11) is 0. The molecule has 0 radical (unpaired) electrons. The average Bonchev–Trinajstić information content (AvgIpc) is 2.58. The second-order valence-corrected chi connectivity index (χ2v) is 6.98. The molecule has 0 unspecified atom stereocenters. The number of pyridine rings is 1. The van der Waals surface area contributed by atoms with E-state index in [1.54, 1.807) is 20.8 Å². The third-order valence-corrected chi connectivity index (χ3v) is 3.33. The molecule has 1 aromatic heterocycles. The first-order chi connectivity index (χ1) is 13.0. The van der Waals surface area contributed by atoms with E-state index in [0.717, 1.165) is 12.1 Å². The molecule has 0 aliphatic heterocycles. The number of halogens is 3. The molecule has 1 amide bonds. The van der Waals surface area contributed by atoms with Gasteiger partial charge in [0.15, 0.2) is 6.61 Å². The Hall–Kier alpha value is -3.10. The quantitative estimate of drug-likeness (QED) is 0.751. The highest BCUT2D eigenvalue weighted by molar-refractivity contribution is 5.96. The fraction of sp³-hybridized carbons (Fsp3) is 0.316. The molecule has 0 spiro atoms. The van der Waals surface area contributed by atoms with Gasteiger partial charge in [-0.25, -0.2) is 9.78 Å². The van der Waals surface area contributed by atoms with E-state index in [4.69, 9.17) is 4.74 Å². The first kappa shape index (κ1) is 21.2. The summed E-state index contributed by atoms with van der Waals surface area (Å²) in [5.74, 6) is -1.29. The van der Waals surface area contributed by atoms with Gasteiger partial charge in [-0.05, 0) is 51.1 Å². The topological polar surface area (TPSA) is 80.3 Å². The van der Waals surface area contributed by atoms with Crippen LogP contribution in [-0.4, -0.2) is 29.0 Å². The predicted octanol–water partition coefficient (Wildman–Crippen LogP) is 3.92. The Morgan fingerprint density at radius 1 is 1.11 bits per heavy atom. The highest BCUT2D eigenvalue weighted by Gasteiger charge is 2.30. The van der Waals surface area contributed by atoms with Crippen LogP contribution in [0.15, 0.2) is 42.6 Å². The van der Waals surface area contributed by atoms with Crippen LogP contribution >= 0.6 is 0 Å². The van der Waals surface area contributed by atoms with E-state index in [1.807, 2.05) is 0 Å². The van der Waals surface area contributed by atoms with Crippen LogP contribution in [0.3, 0.4) is 0 Å². The molecular formula is C19H20F3N3O3. The zero-order valence-corrected chi connectivity index (χ0v) is 15.6. The predicted molar refractivity (Wildman–Crippen MR) is 97.1 cm³/mol. The van der Waals surface area contributed by atoms with Crippen LogP contribution in [0.2, 0.25) is 0 Å². The van der Waals surface area contributed by atoms with Crippen molar-refractivity contribution < 1.29 is 27.5 Å². The number of benzene rings is 1. The van der Waals surface area contributed by atoms with Gasteiger partial charge in [-0.3, -0.25) is 4.79 Å². The number of ether oxygens (including phenoxy) is 1. The molecule has 6 nitrogen and oxygen atoms in total. The van der Waals surface area contributed by atoms with Gasteiger partial charge in [0, 0.05) is 17.4 Å². The Balaban J connectivity index is 2.13. The van der Waals surface area contributed by atoms with Gasteiger partial charge in [0.25, 0.3) is 5.91 Å². The van der Waals surface area contributed by atoms with Crippen LogP contribution in [0, 0.1) is 0 Å². The molecule has 0 atom stereocenters. The minimum atomic E-state index is -4.50. The van der Waals surface area contributed by atoms with Gasteiger partial charge < -0.3 is 15.4 Å². The monoisotopic (exact) mass is 395 g/mol. The molecule has 0 saturated carbocycles. The second-order valence-electron chi connectivity index (χ2n) is 6.98. The van der Waals surface area contributed by atoms with Gasteiger partial charge >= 0.3 is 12.1 Å². The van der Waals surface area contributed by atoms with Crippen LogP contribution in [0.5, 0.6) is 0 Å². The fourth-order valence-corrected chi connectivity index (χ4v) is 2.24. The lowest BCUT2D eigenvalue weighted by molar-refractivity contribution is -0.137. The van der Waals surface area contributed by atoms with Crippen LogP contribution in [0.25, 0.3) is 0 Å². The lowest BCUT2D eigenvalue weighted by atomic mass is 10.1. The zero-order valence-electron chi connectivity index (χ0n) is 15.6. The number of anilines is 2. The molecular weight excluding hydrogens is 375 g/mol. The van der Waals surface area contributed by atoms with Gasteiger partial charge in [0.2, 0.25) is 0 Å². The van der Waals surface area contributed by atoms with Crippen molar-refractivity contribution in [1.82, 2.24) is 10.3 Å². The SMILES string of the molecule is CC(C)(C)NC(=O)COC(=O)c1cccnc1Nc1cccc(C(F)(F)F)c1. The molecule has 1 heterocycles. The van der Waals surface area contributed by atoms with Crippen LogP contribution < -0.4 is 10.6 Å². The van der Waals surface area contributed by atoms with E-state index in [0.29, 0.717) is 0 Å². The minimum Gasteiger partial charge on any atom is -0.452 e. The van der Waals surface area contributed by atoms with Crippen molar-refractivity contribution in [3.8, 4) is 0 Å². The normalized spacial score (nSPS) is 11.6. The summed E-state index contributed by atoms with van der Waals surface area (Å²) >= 11 is 0.